The van der Waals surface area contributed by atoms with Gasteiger partial charge in [-0.05, 0) is 51.1 Å². The van der Waals surface area contributed by atoms with Crippen LogP contribution in [0.2, 0.25) is 0 Å². The van der Waals surface area contributed by atoms with E-state index < -0.39 is 0 Å². The van der Waals surface area contributed by atoms with Crippen molar-refractivity contribution < 1.29 is 4.74 Å². The third-order valence-corrected chi connectivity index (χ3v) is 5.94. The minimum absolute atomic E-state index is 0.628. The third kappa shape index (κ3) is 3.60. The molecule has 0 unspecified atom stereocenters. The smallest absolute Gasteiger partial charge is 0.180 e. The Labute approximate surface area is 153 Å². The molecule has 0 radical (unpaired) electrons. The van der Waals surface area contributed by atoms with Gasteiger partial charge in [0.2, 0.25) is 0 Å². The lowest BCUT2D eigenvalue weighted by atomic mass is 10.1. The van der Waals surface area contributed by atoms with Crippen LogP contribution in [-0.2, 0) is 0 Å². The van der Waals surface area contributed by atoms with E-state index in [1.807, 2.05) is 0 Å². The van der Waals surface area contributed by atoms with E-state index in [1.165, 1.54) is 38.0 Å². The lowest BCUT2D eigenvalue weighted by Gasteiger charge is -2.34. The van der Waals surface area contributed by atoms with Crippen molar-refractivity contribution in [3.8, 4) is 17.0 Å². The Balaban J connectivity index is 1.54. The van der Waals surface area contributed by atoms with Crippen LogP contribution >= 0.6 is 11.3 Å². The second-order valence-corrected chi connectivity index (χ2v) is 8.11. The lowest BCUT2D eigenvalue weighted by molar-refractivity contribution is 0.229. The second-order valence-electron chi connectivity index (χ2n) is 6.88. The first-order valence-corrected chi connectivity index (χ1v) is 10.00. The summed E-state index contributed by atoms with van der Waals surface area (Å²) in [5, 5.41) is 0.628. The largest absolute Gasteiger partial charge is 0.490 e. The lowest BCUT2D eigenvalue weighted by Crippen LogP contribution is -2.41. The van der Waals surface area contributed by atoms with Gasteiger partial charge in [0, 0.05) is 23.5 Å². The minimum Gasteiger partial charge on any atom is -0.490 e. The molecule has 0 saturated carbocycles. The average molecular weight is 359 g/mol. The van der Waals surface area contributed by atoms with E-state index in [0.717, 1.165) is 48.1 Å². The maximum atomic E-state index is 5.88. The maximum Gasteiger partial charge on any atom is 0.180 e. The van der Waals surface area contributed by atoms with E-state index >= 15 is 0 Å². The number of nitrogens with zero attached hydrogens (tertiary/aromatic N) is 3. The van der Waals surface area contributed by atoms with E-state index in [4.69, 9.17) is 10.5 Å². The summed E-state index contributed by atoms with van der Waals surface area (Å²) in [6.07, 6.45) is 4.07. The third-order valence-electron chi connectivity index (χ3n) is 5.14. The predicted molar refractivity (Wildman–Crippen MR) is 105 cm³/mol. The Morgan fingerprint density at radius 3 is 2.76 bits per heavy atom. The van der Waals surface area contributed by atoms with Crippen LogP contribution < -0.4 is 15.4 Å². The molecule has 0 spiro atoms. The molecule has 5 nitrogen and oxygen atoms in total. The number of fused-ring (bicyclic) bond motifs is 1. The van der Waals surface area contributed by atoms with Gasteiger partial charge in [-0.15, -0.1) is 11.3 Å². The highest BCUT2D eigenvalue weighted by Crippen LogP contribution is 2.37. The molecule has 1 fully saturated rings. The summed E-state index contributed by atoms with van der Waals surface area (Å²) in [5.41, 5.74) is 9.18. The van der Waals surface area contributed by atoms with Gasteiger partial charge in [0.15, 0.2) is 5.13 Å². The first-order valence-electron chi connectivity index (χ1n) is 9.18. The molecule has 2 aliphatic rings. The summed E-state index contributed by atoms with van der Waals surface area (Å²) >= 11 is 1.55. The number of aryl methyl sites for hydroxylation is 1. The molecular formula is C19H26N4OS. The van der Waals surface area contributed by atoms with Crippen LogP contribution in [0.1, 0.15) is 24.1 Å². The van der Waals surface area contributed by atoms with Gasteiger partial charge in [-0.25, -0.2) is 4.98 Å². The number of hydrogen-bond acceptors (Lipinski definition) is 6. The zero-order chi connectivity index (χ0) is 17.2. The van der Waals surface area contributed by atoms with Gasteiger partial charge < -0.3 is 20.3 Å². The number of aromatic nitrogens is 1. The van der Waals surface area contributed by atoms with Gasteiger partial charge in [-0.2, -0.15) is 0 Å². The molecule has 2 aromatic rings. The van der Waals surface area contributed by atoms with E-state index in [-0.39, 0.29) is 0 Å². The number of likely N-dealkylation sites (tertiary alicyclic amines) is 1. The molecule has 0 aliphatic carbocycles. The van der Waals surface area contributed by atoms with E-state index in [1.54, 1.807) is 11.3 Å². The number of thiazole rings is 1. The van der Waals surface area contributed by atoms with E-state index in [2.05, 4.69) is 39.9 Å². The Morgan fingerprint density at radius 1 is 1.16 bits per heavy atom. The zero-order valence-corrected chi connectivity index (χ0v) is 15.6. The molecule has 0 amide bonds. The monoisotopic (exact) mass is 358 g/mol. The molecule has 25 heavy (non-hydrogen) atoms. The zero-order valence-electron chi connectivity index (χ0n) is 14.8. The first-order chi connectivity index (χ1) is 12.2. The van der Waals surface area contributed by atoms with E-state index in [9.17, 15) is 0 Å². The summed E-state index contributed by atoms with van der Waals surface area (Å²) in [6, 6.07) is 6.38. The van der Waals surface area contributed by atoms with Gasteiger partial charge in [0.05, 0.1) is 17.9 Å². The highest BCUT2D eigenvalue weighted by atomic mass is 32.1. The van der Waals surface area contributed by atoms with Crippen LogP contribution in [0.25, 0.3) is 11.3 Å². The molecule has 0 bridgehead atoms. The normalized spacial score (nSPS) is 18.0. The molecule has 0 atom stereocenters. The van der Waals surface area contributed by atoms with Crippen LogP contribution in [0, 0.1) is 6.92 Å². The highest BCUT2D eigenvalue weighted by molar-refractivity contribution is 7.15. The molecule has 2 N–H and O–H groups in total. The number of anilines is 2. The predicted octanol–water partition coefficient (Wildman–Crippen LogP) is 3.39. The van der Waals surface area contributed by atoms with Crippen LogP contribution in [0.3, 0.4) is 0 Å². The van der Waals surface area contributed by atoms with Crippen LogP contribution in [-0.4, -0.2) is 49.2 Å². The fourth-order valence-electron chi connectivity index (χ4n) is 3.78. The van der Waals surface area contributed by atoms with Crippen molar-refractivity contribution in [2.24, 2.45) is 0 Å². The number of piperidine rings is 1. The number of rotatable bonds is 4. The second kappa shape index (κ2) is 7.22. The van der Waals surface area contributed by atoms with Crippen molar-refractivity contribution >= 4 is 22.2 Å². The van der Waals surface area contributed by atoms with Crippen LogP contribution in [0.5, 0.6) is 5.75 Å². The van der Waals surface area contributed by atoms with Gasteiger partial charge in [0.1, 0.15) is 12.4 Å². The molecule has 134 valence electrons. The van der Waals surface area contributed by atoms with E-state index in [0.29, 0.717) is 5.13 Å². The number of nitrogens with two attached hydrogens (primary N) is 1. The number of nitrogen functional groups attached to an aromatic ring is 1. The van der Waals surface area contributed by atoms with Gasteiger partial charge in [-0.3, -0.25) is 0 Å². The van der Waals surface area contributed by atoms with Crippen molar-refractivity contribution in [1.82, 2.24) is 9.88 Å². The fraction of sp³-hybridized carbons (Fsp3) is 0.526. The molecular weight excluding hydrogens is 332 g/mol. The van der Waals surface area contributed by atoms with Crippen molar-refractivity contribution in [3.05, 3.63) is 23.1 Å². The standard InChI is InChI=1S/C19H26N4OS/c1-14-18(21-19(20)25-14)15-5-6-17-16(13-15)23(11-12-24-17)10-9-22-7-3-2-4-8-22/h5-6,13H,2-4,7-12H2,1H3,(H2,20,21). The Kier molecular flexibility index (Phi) is 4.81. The van der Waals surface area contributed by atoms with Crippen molar-refractivity contribution in [2.45, 2.75) is 26.2 Å². The molecule has 3 heterocycles. The molecule has 1 saturated heterocycles. The highest BCUT2D eigenvalue weighted by Gasteiger charge is 2.21. The molecule has 1 aromatic heterocycles. The Hall–Kier alpha value is -1.79. The minimum atomic E-state index is 0.628. The molecule has 4 rings (SSSR count). The summed E-state index contributed by atoms with van der Waals surface area (Å²) in [7, 11) is 0. The summed E-state index contributed by atoms with van der Waals surface area (Å²) in [5.74, 6) is 0.981. The van der Waals surface area contributed by atoms with Crippen molar-refractivity contribution in [2.75, 3.05) is 50.0 Å². The van der Waals surface area contributed by atoms with Crippen molar-refractivity contribution in [3.63, 3.8) is 0 Å². The fourth-order valence-corrected chi connectivity index (χ4v) is 4.49. The average Bonchev–Trinajstić information content (AvgIpc) is 2.98. The van der Waals surface area contributed by atoms with Gasteiger partial charge >= 0.3 is 0 Å². The molecule has 2 aliphatic heterocycles. The summed E-state index contributed by atoms with van der Waals surface area (Å²) < 4.78 is 5.87. The van der Waals surface area contributed by atoms with Gasteiger partial charge in [0.25, 0.3) is 0 Å². The number of hydrogen-bond donors (Lipinski definition) is 1. The Bertz CT molecular complexity index is 739. The maximum absolute atomic E-state index is 5.88. The topological polar surface area (TPSA) is 54.6 Å². The Morgan fingerprint density at radius 2 is 2.00 bits per heavy atom. The van der Waals surface area contributed by atoms with Gasteiger partial charge in [-0.1, -0.05) is 6.42 Å². The SMILES string of the molecule is Cc1sc(N)nc1-c1ccc2c(c1)N(CCN1CCCCC1)CCO2. The quantitative estimate of drug-likeness (QED) is 0.908. The molecule has 1 aromatic carbocycles. The molecule has 6 heteroatoms. The van der Waals surface area contributed by atoms with Crippen LogP contribution in [0.15, 0.2) is 18.2 Å². The van der Waals surface area contributed by atoms with Crippen molar-refractivity contribution in [1.29, 1.82) is 0 Å². The van der Waals surface area contributed by atoms with Crippen LogP contribution in [0.4, 0.5) is 10.8 Å². The summed E-state index contributed by atoms with van der Waals surface area (Å²) in [6.45, 7) is 8.46. The number of benzene rings is 1. The number of ether oxygens (including phenoxy) is 1. The first kappa shape index (κ1) is 16.7. The summed E-state index contributed by atoms with van der Waals surface area (Å²) in [4.78, 5) is 10.7.